The van der Waals surface area contributed by atoms with Gasteiger partial charge in [-0.3, -0.25) is 9.59 Å². The molecule has 0 saturated carbocycles. The standard InChI is InChI=1S/C31H37N3O5/c1-30(2,3)38-25(35)17-22-23(24-18-32-27(33-24)20-13-9-7-10-14-20)19-34(26(22)29(37)39-31(4,5)6)28(36)21-15-11-8-12-16-21/h7-16,18,22-23,26H,17,19H2,1-6H3,(H,32,33)/t22-,23+,26-/m0/s1. The first-order chi connectivity index (χ1) is 18.3. The van der Waals surface area contributed by atoms with Crippen LogP contribution in [0.4, 0.5) is 0 Å². The van der Waals surface area contributed by atoms with Gasteiger partial charge in [-0.1, -0.05) is 48.5 Å². The highest BCUT2D eigenvalue weighted by molar-refractivity contribution is 5.97. The fraction of sp³-hybridized carbons (Fsp3) is 0.419. The summed E-state index contributed by atoms with van der Waals surface area (Å²) in [4.78, 5) is 50.1. The third-order valence-electron chi connectivity index (χ3n) is 6.45. The molecule has 0 bridgehead atoms. The van der Waals surface area contributed by atoms with Crippen molar-refractivity contribution >= 4 is 17.8 Å². The second kappa shape index (κ2) is 11.0. The Hall–Kier alpha value is -3.94. The van der Waals surface area contributed by atoms with Crippen LogP contribution < -0.4 is 0 Å². The molecule has 3 aromatic rings. The van der Waals surface area contributed by atoms with Crippen molar-refractivity contribution in [1.29, 1.82) is 0 Å². The molecule has 2 heterocycles. The maximum Gasteiger partial charge on any atom is 0.329 e. The highest BCUT2D eigenvalue weighted by Crippen LogP contribution is 2.41. The second-order valence-electron chi connectivity index (χ2n) is 11.9. The van der Waals surface area contributed by atoms with Gasteiger partial charge in [0.1, 0.15) is 23.1 Å². The number of rotatable bonds is 6. The summed E-state index contributed by atoms with van der Waals surface area (Å²) in [6.07, 6.45) is 1.65. The molecule has 1 aliphatic rings. The molecule has 1 fully saturated rings. The number of imidazole rings is 1. The van der Waals surface area contributed by atoms with Crippen LogP contribution in [0.3, 0.4) is 0 Å². The van der Waals surface area contributed by atoms with Crippen molar-refractivity contribution in [2.75, 3.05) is 6.54 Å². The molecule has 4 rings (SSSR count). The Morgan fingerprint density at radius 3 is 2.08 bits per heavy atom. The summed E-state index contributed by atoms with van der Waals surface area (Å²) in [6.45, 7) is 11.0. The molecule has 1 aliphatic heterocycles. The number of aromatic amines is 1. The Balaban J connectivity index is 1.76. The minimum atomic E-state index is -0.988. The predicted molar refractivity (Wildman–Crippen MR) is 148 cm³/mol. The van der Waals surface area contributed by atoms with Gasteiger partial charge in [-0.05, 0) is 53.7 Å². The summed E-state index contributed by atoms with van der Waals surface area (Å²) in [6, 6.07) is 17.5. The van der Waals surface area contributed by atoms with Crippen molar-refractivity contribution < 1.29 is 23.9 Å². The first-order valence-electron chi connectivity index (χ1n) is 13.2. The quantitative estimate of drug-likeness (QED) is 0.429. The highest BCUT2D eigenvalue weighted by atomic mass is 16.6. The van der Waals surface area contributed by atoms with E-state index in [9.17, 15) is 14.4 Å². The summed E-state index contributed by atoms with van der Waals surface area (Å²) in [5, 5.41) is 0. The zero-order valence-corrected chi connectivity index (χ0v) is 23.4. The second-order valence-corrected chi connectivity index (χ2v) is 11.9. The van der Waals surface area contributed by atoms with E-state index in [0.717, 1.165) is 11.3 Å². The number of hydrogen-bond donors (Lipinski definition) is 1. The lowest BCUT2D eigenvalue weighted by Gasteiger charge is -2.30. The summed E-state index contributed by atoms with van der Waals surface area (Å²) < 4.78 is 11.4. The minimum Gasteiger partial charge on any atom is -0.460 e. The molecule has 1 amide bonds. The maximum absolute atomic E-state index is 13.8. The predicted octanol–water partition coefficient (Wildman–Crippen LogP) is 5.37. The van der Waals surface area contributed by atoms with E-state index in [2.05, 4.69) is 9.97 Å². The molecule has 0 unspecified atom stereocenters. The van der Waals surface area contributed by atoms with E-state index >= 15 is 0 Å². The van der Waals surface area contributed by atoms with Crippen LogP contribution in [0.25, 0.3) is 11.4 Å². The number of ether oxygens (including phenoxy) is 2. The number of nitrogens with zero attached hydrogens (tertiary/aromatic N) is 2. The van der Waals surface area contributed by atoms with E-state index in [1.807, 2.05) is 36.4 Å². The van der Waals surface area contributed by atoms with Crippen LogP contribution >= 0.6 is 0 Å². The maximum atomic E-state index is 13.8. The van der Waals surface area contributed by atoms with Gasteiger partial charge in [0.15, 0.2) is 0 Å². The van der Waals surface area contributed by atoms with E-state index in [-0.39, 0.29) is 24.8 Å². The van der Waals surface area contributed by atoms with Gasteiger partial charge >= 0.3 is 11.9 Å². The van der Waals surface area contributed by atoms with E-state index < -0.39 is 35.1 Å². The van der Waals surface area contributed by atoms with E-state index in [1.54, 1.807) is 72.0 Å². The lowest BCUT2D eigenvalue weighted by molar-refractivity contribution is -0.162. The lowest BCUT2D eigenvalue weighted by Crippen LogP contribution is -2.46. The average molecular weight is 532 g/mol. The largest absolute Gasteiger partial charge is 0.460 e. The Labute approximate surface area is 229 Å². The molecule has 0 radical (unpaired) electrons. The fourth-order valence-corrected chi connectivity index (χ4v) is 4.96. The first kappa shape index (κ1) is 28.1. The number of carbonyl (C=O) groups excluding carboxylic acids is 3. The Morgan fingerprint density at radius 2 is 1.49 bits per heavy atom. The van der Waals surface area contributed by atoms with Gasteiger partial charge in [0, 0.05) is 41.4 Å². The molecule has 0 spiro atoms. The lowest BCUT2D eigenvalue weighted by atomic mass is 9.85. The number of hydrogen-bond acceptors (Lipinski definition) is 6. The van der Waals surface area contributed by atoms with Gasteiger partial charge in [0.05, 0.1) is 6.42 Å². The monoisotopic (exact) mass is 531 g/mol. The summed E-state index contributed by atoms with van der Waals surface area (Å²) in [5.74, 6) is -1.60. The van der Waals surface area contributed by atoms with Crippen LogP contribution in [0.5, 0.6) is 0 Å². The summed E-state index contributed by atoms with van der Waals surface area (Å²) >= 11 is 0. The van der Waals surface area contributed by atoms with Crippen molar-refractivity contribution in [2.45, 2.75) is 71.1 Å². The molecule has 206 valence electrons. The molecule has 1 aromatic heterocycles. The number of likely N-dealkylation sites (tertiary alicyclic amines) is 1. The summed E-state index contributed by atoms with van der Waals surface area (Å²) in [5.41, 5.74) is 0.630. The molecule has 8 nitrogen and oxygen atoms in total. The van der Waals surface area contributed by atoms with Gasteiger partial charge < -0.3 is 19.4 Å². The van der Waals surface area contributed by atoms with Crippen LogP contribution in [0, 0.1) is 5.92 Å². The van der Waals surface area contributed by atoms with Crippen molar-refractivity contribution in [3.8, 4) is 11.4 Å². The van der Waals surface area contributed by atoms with E-state index in [1.165, 1.54) is 4.90 Å². The smallest absolute Gasteiger partial charge is 0.329 e. The molecule has 1 saturated heterocycles. The van der Waals surface area contributed by atoms with Crippen molar-refractivity contribution in [2.24, 2.45) is 5.92 Å². The van der Waals surface area contributed by atoms with Crippen LogP contribution in [0.2, 0.25) is 0 Å². The molecule has 39 heavy (non-hydrogen) atoms. The topological polar surface area (TPSA) is 102 Å². The Bertz CT molecular complexity index is 1310. The molecule has 3 atom stereocenters. The van der Waals surface area contributed by atoms with Crippen LogP contribution in [-0.4, -0.2) is 56.5 Å². The molecular formula is C31H37N3O5. The highest BCUT2D eigenvalue weighted by Gasteiger charge is 2.51. The Kier molecular flexibility index (Phi) is 7.95. The third-order valence-corrected chi connectivity index (χ3v) is 6.45. The van der Waals surface area contributed by atoms with Crippen molar-refractivity contribution in [1.82, 2.24) is 14.9 Å². The number of nitrogens with one attached hydrogen (secondary N) is 1. The fourth-order valence-electron chi connectivity index (χ4n) is 4.96. The number of benzene rings is 2. The van der Waals surface area contributed by atoms with Crippen molar-refractivity contribution in [3.05, 3.63) is 78.1 Å². The normalized spacial score (nSPS) is 19.5. The molecule has 0 aliphatic carbocycles. The van der Waals surface area contributed by atoms with Crippen LogP contribution in [-0.2, 0) is 19.1 Å². The van der Waals surface area contributed by atoms with Crippen LogP contribution in [0.15, 0.2) is 66.9 Å². The summed E-state index contributed by atoms with van der Waals surface area (Å²) in [7, 11) is 0. The van der Waals surface area contributed by atoms with E-state index in [4.69, 9.17) is 9.47 Å². The number of H-pyrrole nitrogens is 1. The molecular weight excluding hydrogens is 494 g/mol. The van der Waals surface area contributed by atoms with Gasteiger partial charge in [0.2, 0.25) is 0 Å². The van der Waals surface area contributed by atoms with Gasteiger partial charge in [-0.25, -0.2) is 9.78 Å². The average Bonchev–Trinajstić information content (AvgIpc) is 3.48. The zero-order chi connectivity index (χ0) is 28.4. The zero-order valence-electron chi connectivity index (χ0n) is 23.4. The third kappa shape index (κ3) is 6.93. The Morgan fingerprint density at radius 1 is 0.897 bits per heavy atom. The van der Waals surface area contributed by atoms with Crippen LogP contribution in [0.1, 0.15) is 69.9 Å². The van der Waals surface area contributed by atoms with Crippen molar-refractivity contribution in [3.63, 3.8) is 0 Å². The van der Waals surface area contributed by atoms with E-state index in [0.29, 0.717) is 11.4 Å². The molecule has 8 heteroatoms. The minimum absolute atomic E-state index is 0.0654. The van der Waals surface area contributed by atoms with Gasteiger partial charge in [0.25, 0.3) is 5.91 Å². The van der Waals surface area contributed by atoms with Gasteiger partial charge in [-0.2, -0.15) is 0 Å². The first-order valence-corrected chi connectivity index (χ1v) is 13.2. The SMILES string of the molecule is CC(C)(C)OC(=O)C[C@@H]1[C@@H](C(=O)OC(C)(C)C)N(C(=O)c2ccccc2)C[C@H]1c1cnc(-c2ccccc2)[nH]1. The van der Waals surface area contributed by atoms with Gasteiger partial charge in [-0.15, -0.1) is 0 Å². The number of aromatic nitrogens is 2. The number of esters is 2. The number of carbonyl (C=O) groups is 3. The molecule has 1 N–H and O–H groups in total. The molecule has 2 aromatic carbocycles. The number of amides is 1.